The quantitative estimate of drug-likeness (QED) is 0.400. The number of fused-ring (bicyclic) bond motifs is 1. The molecule has 0 aromatic carbocycles. The number of halogens is 9. The third kappa shape index (κ3) is 14.7. The Balaban J connectivity index is 0.000000413. The minimum atomic E-state index is -5.08. The number of nitrogens with zero attached hydrogens (tertiary/aromatic N) is 5. The van der Waals surface area contributed by atoms with Crippen molar-refractivity contribution in [2.24, 2.45) is 0 Å². The first-order valence-corrected chi connectivity index (χ1v) is 12.7. The van der Waals surface area contributed by atoms with Crippen LogP contribution in [0, 0.1) is 13.8 Å². The van der Waals surface area contributed by atoms with E-state index in [-0.39, 0.29) is 6.10 Å². The Hall–Kier alpha value is -4.27. The SMILES string of the molecule is Cc1cnc(N2CCN3C[C@H](OCc4cccc(C)n4)C[C@H]3C2)nc1.O=C(O)C(F)(F)F.O=C(O)C(F)(F)F.O=C(O)C(F)(F)F. The molecule has 0 radical (unpaired) electrons. The number of carbonyl (C=O) groups is 3. The van der Waals surface area contributed by atoms with E-state index >= 15 is 0 Å². The summed E-state index contributed by atoms with van der Waals surface area (Å²) in [6.45, 7) is 8.64. The summed E-state index contributed by atoms with van der Waals surface area (Å²) in [7, 11) is 0. The van der Waals surface area contributed by atoms with Crippen molar-refractivity contribution in [3.8, 4) is 0 Å². The number of alkyl halides is 9. The number of pyridine rings is 1. The molecule has 2 aliphatic rings. The maximum atomic E-state index is 10.6. The molecule has 2 fully saturated rings. The van der Waals surface area contributed by atoms with Crippen LogP contribution in [0.5, 0.6) is 0 Å². The molecule has 2 atom stereocenters. The smallest absolute Gasteiger partial charge is 0.475 e. The third-order valence-electron chi connectivity index (χ3n) is 5.77. The standard InChI is InChI=1S/C19H25N5O.3C2HF3O2/c1-14-9-20-19(21-10-14)24-7-6-23-12-18(8-17(23)11-24)25-13-16-5-3-4-15(2)22-16;3*3-2(4,5)1(6)7/h3-5,9-10,17-18H,6-8,11-13H2,1-2H3;3*(H,6,7)/t17-,18+;;;/m0.../s1. The molecule has 0 bridgehead atoms. The van der Waals surface area contributed by atoms with Crippen LogP contribution in [0.1, 0.15) is 23.4 Å². The van der Waals surface area contributed by atoms with E-state index in [0.717, 1.165) is 55.5 Å². The molecule has 0 saturated carbocycles. The first kappa shape index (κ1) is 39.8. The molecule has 0 aliphatic carbocycles. The highest BCUT2D eigenvalue weighted by Crippen LogP contribution is 2.26. The van der Waals surface area contributed by atoms with Gasteiger partial charge in [0.15, 0.2) is 0 Å². The Labute approximate surface area is 254 Å². The molecule has 21 heteroatoms. The summed E-state index contributed by atoms with van der Waals surface area (Å²) < 4.78 is 101. The molecule has 0 unspecified atom stereocenters. The first-order valence-electron chi connectivity index (χ1n) is 12.7. The fourth-order valence-corrected chi connectivity index (χ4v) is 3.73. The Bertz CT molecular complexity index is 1240. The van der Waals surface area contributed by atoms with Crippen LogP contribution in [-0.2, 0) is 25.7 Å². The number of hydrogen-bond acceptors (Lipinski definition) is 9. The number of carboxylic acids is 3. The normalized spacial score (nSPS) is 18.0. The van der Waals surface area contributed by atoms with E-state index in [9.17, 15) is 39.5 Å². The molecular weight excluding hydrogens is 653 g/mol. The molecule has 3 N–H and O–H groups in total. The number of piperazine rings is 1. The molecular formula is C25H28F9N5O7. The number of ether oxygens (including phenoxy) is 1. The highest BCUT2D eigenvalue weighted by Gasteiger charge is 2.40. The highest BCUT2D eigenvalue weighted by molar-refractivity contribution is 5.73. The molecule has 2 aromatic rings. The Morgan fingerprint density at radius 2 is 1.30 bits per heavy atom. The maximum Gasteiger partial charge on any atom is 0.490 e. The molecule has 0 amide bonds. The van der Waals surface area contributed by atoms with Gasteiger partial charge in [0.25, 0.3) is 0 Å². The lowest BCUT2D eigenvalue weighted by Gasteiger charge is -2.37. The van der Waals surface area contributed by atoms with Crippen molar-refractivity contribution in [1.82, 2.24) is 19.9 Å². The van der Waals surface area contributed by atoms with Gasteiger partial charge in [-0.2, -0.15) is 39.5 Å². The zero-order valence-corrected chi connectivity index (χ0v) is 23.9. The van der Waals surface area contributed by atoms with Crippen molar-refractivity contribution >= 4 is 23.9 Å². The van der Waals surface area contributed by atoms with Crippen LogP contribution in [0.3, 0.4) is 0 Å². The lowest BCUT2D eigenvalue weighted by Crippen LogP contribution is -2.50. The predicted molar refractivity (Wildman–Crippen MR) is 138 cm³/mol. The molecule has 4 rings (SSSR count). The minimum absolute atomic E-state index is 0.284. The van der Waals surface area contributed by atoms with Crippen molar-refractivity contribution in [1.29, 1.82) is 0 Å². The van der Waals surface area contributed by atoms with Gasteiger partial charge in [-0.1, -0.05) is 6.07 Å². The van der Waals surface area contributed by atoms with E-state index in [1.165, 1.54) is 0 Å². The molecule has 258 valence electrons. The number of aryl methyl sites for hydroxylation is 2. The van der Waals surface area contributed by atoms with Gasteiger partial charge in [0.05, 0.1) is 18.4 Å². The fourth-order valence-electron chi connectivity index (χ4n) is 3.73. The van der Waals surface area contributed by atoms with Crippen molar-refractivity contribution in [3.63, 3.8) is 0 Å². The van der Waals surface area contributed by atoms with Crippen LogP contribution in [0.2, 0.25) is 0 Å². The summed E-state index contributed by atoms with van der Waals surface area (Å²) in [6, 6.07) is 6.61. The summed E-state index contributed by atoms with van der Waals surface area (Å²) in [4.78, 5) is 45.0. The monoisotopic (exact) mass is 681 g/mol. The number of aliphatic carboxylic acids is 3. The summed E-state index contributed by atoms with van der Waals surface area (Å²) in [6.07, 6.45) is -10.1. The summed E-state index contributed by atoms with van der Waals surface area (Å²) >= 11 is 0. The molecule has 12 nitrogen and oxygen atoms in total. The number of hydrogen-bond donors (Lipinski definition) is 3. The van der Waals surface area contributed by atoms with Gasteiger partial charge in [0, 0.05) is 50.3 Å². The Morgan fingerprint density at radius 3 is 1.74 bits per heavy atom. The van der Waals surface area contributed by atoms with Crippen LogP contribution in [0.15, 0.2) is 30.6 Å². The van der Waals surface area contributed by atoms with Crippen molar-refractivity contribution in [3.05, 3.63) is 47.5 Å². The summed E-state index contributed by atoms with van der Waals surface area (Å²) in [5, 5.41) is 21.4. The molecule has 2 aliphatic heterocycles. The largest absolute Gasteiger partial charge is 0.490 e. The van der Waals surface area contributed by atoms with E-state index in [4.69, 9.17) is 34.4 Å². The summed E-state index contributed by atoms with van der Waals surface area (Å²) in [5.41, 5.74) is 3.15. The van der Waals surface area contributed by atoms with Crippen molar-refractivity contribution < 1.29 is 74.0 Å². The first-order chi connectivity index (χ1) is 21.0. The number of anilines is 1. The highest BCUT2D eigenvalue weighted by atomic mass is 19.4. The van der Waals surface area contributed by atoms with E-state index < -0.39 is 36.4 Å². The van der Waals surface area contributed by atoms with E-state index in [2.05, 4.69) is 24.8 Å². The molecule has 4 heterocycles. The van der Waals surface area contributed by atoms with Gasteiger partial charge in [0.1, 0.15) is 0 Å². The topological polar surface area (TPSA) is 166 Å². The zero-order valence-electron chi connectivity index (χ0n) is 23.9. The summed E-state index contributed by atoms with van der Waals surface area (Å²) in [5.74, 6) is -7.42. The average Bonchev–Trinajstić information content (AvgIpc) is 3.34. The van der Waals surface area contributed by atoms with Crippen molar-refractivity contribution in [2.75, 3.05) is 31.1 Å². The van der Waals surface area contributed by atoms with E-state index in [0.29, 0.717) is 12.6 Å². The van der Waals surface area contributed by atoms with Crippen LogP contribution < -0.4 is 4.90 Å². The second kappa shape index (κ2) is 16.9. The van der Waals surface area contributed by atoms with Gasteiger partial charge in [-0.25, -0.2) is 24.4 Å². The van der Waals surface area contributed by atoms with Crippen LogP contribution in [0.4, 0.5) is 45.5 Å². The average molecular weight is 682 g/mol. The van der Waals surface area contributed by atoms with E-state index in [1.807, 2.05) is 44.4 Å². The lowest BCUT2D eigenvalue weighted by molar-refractivity contribution is -0.193. The minimum Gasteiger partial charge on any atom is -0.475 e. The Morgan fingerprint density at radius 1 is 0.826 bits per heavy atom. The number of aromatic nitrogens is 3. The molecule has 2 aromatic heterocycles. The fraction of sp³-hybridized carbons (Fsp3) is 0.520. The van der Waals surface area contributed by atoms with Crippen LogP contribution >= 0.6 is 0 Å². The third-order valence-corrected chi connectivity index (χ3v) is 5.77. The lowest BCUT2D eigenvalue weighted by atomic mass is 10.1. The predicted octanol–water partition coefficient (Wildman–Crippen LogP) is 3.87. The van der Waals surface area contributed by atoms with E-state index in [1.54, 1.807) is 0 Å². The Kier molecular flexibility index (Phi) is 14.6. The van der Waals surface area contributed by atoms with Crippen molar-refractivity contribution in [2.45, 2.75) is 57.5 Å². The van der Waals surface area contributed by atoms with Gasteiger partial charge < -0.3 is 25.0 Å². The van der Waals surface area contributed by atoms with Gasteiger partial charge >= 0.3 is 36.4 Å². The number of rotatable bonds is 4. The molecule has 0 spiro atoms. The van der Waals surface area contributed by atoms with Gasteiger partial charge in [-0.15, -0.1) is 0 Å². The van der Waals surface area contributed by atoms with Gasteiger partial charge in [0.2, 0.25) is 5.95 Å². The van der Waals surface area contributed by atoms with Gasteiger partial charge in [-0.3, -0.25) is 9.88 Å². The maximum absolute atomic E-state index is 10.6. The van der Waals surface area contributed by atoms with Gasteiger partial charge in [-0.05, 0) is 38.0 Å². The second-order valence-corrected chi connectivity index (χ2v) is 9.50. The second-order valence-electron chi connectivity index (χ2n) is 9.50. The molecule has 46 heavy (non-hydrogen) atoms. The zero-order chi connectivity index (χ0) is 35.5. The van der Waals surface area contributed by atoms with Crippen LogP contribution in [0.25, 0.3) is 0 Å². The molecule has 2 saturated heterocycles. The van der Waals surface area contributed by atoms with Crippen LogP contribution in [-0.4, -0.2) is 110 Å². The number of carboxylic acid groups (broad SMARTS) is 3.